The maximum Gasteiger partial charge on any atom is 0.407 e. The second-order valence-electron chi connectivity index (χ2n) is 4.69. The van der Waals surface area contributed by atoms with Gasteiger partial charge in [-0.05, 0) is 50.6 Å². The summed E-state index contributed by atoms with van der Waals surface area (Å²) in [6, 6.07) is 0. The predicted molar refractivity (Wildman–Crippen MR) is 57.9 cm³/mol. The summed E-state index contributed by atoms with van der Waals surface area (Å²) in [5, 5.41) is 12.2. The Kier molecular flexibility index (Phi) is 3.46. The average molecular weight is 212 g/mol. The third-order valence-corrected chi connectivity index (χ3v) is 3.86. The van der Waals surface area contributed by atoms with Crippen molar-refractivity contribution in [2.75, 3.05) is 26.2 Å². The molecule has 2 N–H and O–H groups in total. The van der Waals surface area contributed by atoms with Gasteiger partial charge in [0.05, 0.1) is 0 Å². The number of hydrogen-bond donors (Lipinski definition) is 2. The first-order chi connectivity index (χ1) is 7.27. The van der Waals surface area contributed by atoms with Gasteiger partial charge in [0, 0.05) is 13.1 Å². The molecule has 15 heavy (non-hydrogen) atoms. The Hall–Kier alpha value is -0.770. The minimum Gasteiger partial charge on any atom is -0.465 e. The molecule has 0 aromatic heterocycles. The lowest BCUT2D eigenvalue weighted by Gasteiger charge is -2.36. The molecule has 2 saturated heterocycles. The summed E-state index contributed by atoms with van der Waals surface area (Å²) < 4.78 is 0. The maximum absolute atomic E-state index is 10.8. The number of nitrogens with one attached hydrogen (secondary N) is 1. The van der Waals surface area contributed by atoms with E-state index in [0.29, 0.717) is 0 Å². The van der Waals surface area contributed by atoms with E-state index < -0.39 is 6.09 Å². The number of nitrogens with zero attached hydrogens (tertiary/aromatic N) is 1. The molecule has 0 aliphatic carbocycles. The van der Waals surface area contributed by atoms with Crippen LogP contribution >= 0.6 is 0 Å². The Labute approximate surface area is 90.6 Å². The van der Waals surface area contributed by atoms with Gasteiger partial charge in [-0.25, -0.2) is 4.79 Å². The third-order valence-electron chi connectivity index (χ3n) is 3.86. The van der Waals surface area contributed by atoms with E-state index in [9.17, 15) is 4.79 Å². The van der Waals surface area contributed by atoms with Gasteiger partial charge in [-0.2, -0.15) is 0 Å². The molecule has 2 rings (SSSR count). The van der Waals surface area contributed by atoms with Crippen LogP contribution in [0.5, 0.6) is 0 Å². The second kappa shape index (κ2) is 4.84. The van der Waals surface area contributed by atoms with Crippen LogP contribution in [0.1, 0.15) is 25.7 Å². The zero-order valence-corrected chi connectivity index (χ0v) is 9.11. The fourth-order valence-corrected chi connectivity index (χ4v) is 2.88. The number of carboxylic acid groups (broad SMARTS) is 1. The van der Waals surface area contributed by atoms with Crippen molar-refractivity contribution >= 4 is 6.09 Å². The number of likely N-dealkylation sites (tertiary alicyclic amines) is 1. The van der Waals surface area contributed by atoms with Crippen LogP contribution in [0.25, 0.3) is 0 Å². The van der Waals surface area contributed by atoms with Crippen molar-refractivity contribution in [1.82, 2.24) is 10.2 Å². The van der Waals surface area contributed by atoms with Gasteiger partial charge in [0.1, 0.15) is 0 Å². The highest BCUT2D eigenvalue weighted by atomic mass is 16.4. The Bertz CT molecular complexity index is 219. The van der Waals surface area contributed by atoms with Crippen LogP contribution < -0.4 is 5.32 Å². The highest BCUT2D eigenvalue weighted by molar-refractivity contribution is 5.64. The van der Waals surface area contributed by atoms with Gasteiger partial charge in [-0.15, -0.1) is 0 Å². The van der Waals surface area contributed by atoms with Gasteiger partial charge in [-0.3, -0.25) is 0 Å². The lowest BCUT2D eigenvalue weighted by molar-refractivity contribution is 0.106. The van der Waals surface area contributed by atoms with Gasteiger partial charge in [-0.1, -0.05) is 0 Å². The first-order valence-electron chi connectivity index (χ1n) is 5.96. The van der Waals surface area contributed by atoms with E-state index in [1.54, 1.807) is 4.90 Å². The number of piperidine rings is 2. The summed E-state index contributed by atoms with van der Waals surface area (Å²) in [5.74, 6) is 1.60. The van der Waals surface area contributed by atoms with Gasteiger partial charge in [0.2, 0.25) is 0 Å². The Morgan fingerprint density at radius 3 is 2.13 bits per heavy atom. The minimum absolute atomic E-state index is 0.740. The first kappa shape index (κ1) is 10.7. The van der Waals surface area contributed by atoms with Crippen molar-refractivity contribution in [3.63, 3.8) is 0 Å². The molecular formula is C11H20N2O2. The van der Waals surface area contributed by atoms with Crippen LogP contribution in [0.2, 0.25) is 0 Å². The van der Waals surface area contributed by atoms with Gasteiger partial charge < -0.3 is 15.3 Å². The molecule has 86 valence electrons. The second-order valence-corrected chi connectivity index (χ2v) is 4.69. The van der Waals surface area contributed by atoms with Crippen LogP contribution in [-0.4, -0.2) is 42.3 Å². The lowest BCUT2D eigenvalue weighted by Crippen LogP contribution is -2.41. The zero-order valence-electron chi connectivity index (χ0n) is 9.11. The van der Waals surface area contributed by atoms with E-state index in [2.05, 4.69) is 5.32 Å². The molecule has 0 spiro atoms. The van der Waals surface area contributed by atoms with E-state index >= 15 is 0 Å². The predicted octanol–water partition coefficient (Wildman–Crippen LogP) is 1.38. The fourth-order valence-electron chi connectivity index (χ4n) is 2.88. The highest BCUT2D eigenvalue weighted by Gasteiger charge is 2.28. The van der Waals surface area contributed by atoms with E-state index in [0.717, 1.165) is 50.9 Å². The van der Waals surface area contributed by atoms with E-state index in [4.69, 9.17) is 5.11 Å². The molecule has 2 heterocycles. The van der Waals surface area contributed by atoms with Crippen LogP contribution in [0.4, 0.5) is 4.79 Å². The molecule has 0 unspecified atom stereocenters. The van der Waals surface area contributed by atoms with Gasteiger partial charge in [0.15, 0.2) is 0 Å². The largest absolute Gasteiger partial charge is 0.465 e. The molecule has 2 aliphatic rings. The molecule has 0 aromatic rings. The summed E-state index contributed by atoms with van der Waals surface area (Å²) >= 11 is 0. The van der Waals surface area contributed by atoms with E-state index in [1.165, 1.54) is 12.8 Å². The molecule has 2 fully saturated rings. The monoisotopic (exact) mass is 212 g/mol. The Morgan fingerprint density at radius 1 is 1.07 bits per heavy atom. The van der Waals surface area contributed by atoms with Crippen molar-refractivity contribution in [3.05, 3.63) is 0 Å². The first-order valence-corrected chi connectivity index (χ1v) is 5.96. The fraction of sp³-hybridized carbons (Fsp3) is 0.909. The van der Waals surface area contributed by atoms with Crippen molar-refractivity contribution in [2.24, 2.45) is 11.8 Å². The summed E-state index contributed by atoms with van der Waals surface area (Å²) in [6.07, 6.45) is 3.93. The molecule has 4 nitrogen and oxygen atoms in total. The molecule has 0 radical (unpaired) electrons. The lowest BCUT2D eigenvalue weighted by atomic mass is 9.79. The molecule has 4 heteroatoms. The Balaban J connectivity index is 1.79. The molecule has 1 amide bonds. The number of hydrogen-bond acceptors (Lipinski definition) is 2. The normalized spacial score (nSPS) is 25.5. The molecule has 0 bridgehead atoms. The van der Waals surface area contributed by atoms with Crippen LogP contribution in [0.15, 0.2) is 0 Å². The molecular weight excluding hydrogens is 192 g/mol. The van der Waals surface area contributed by atoms with Crippen molar-refractivity contribution in [2.45, 2.75) is 25.7 Å². The standard InChI is InChI=1S/C11H20N2O2/c14-11(15)13-7-3-10(4-8-13)9-1-5-12-6-2-9/h9-10,12H,1-8H2,(H,14,15). The summed E-state index contributed by atoms with van der Waals surface area (Å²) in [5.41, 5.74) is 0. The van der Waals surface area contributed by atoms with Crippen LogP contribution in [-0.2, 0) is 0 Å². The van der Waals surface area contributed by atoms with Crippen LogP contribution in [0, 0.1) is 11.8 Å². The summed E-state index contributed by atoms with van der Waals surface area (Å²) in [4.78, 5) is 12.3. The molecule has 0 saturated carbocycles. The van der Waals surface area contributed by atoms with Crippen molar-refractivity contribution in [3.8, 4) is 0 Å². The SMILES string of the molecule is O=C(O)N1CCC(C2CCNCC2)CC1. The topological polar surface area (TPSA) is 52.6 Å². The minimum atomic E-state index is -0.751. The van der Waals surface area contributed by atoms with Crippen LogP contribution in [0.3, 0.4) is 0 Å². The Morgan fingerprint density at radius 2 is 1.60 bits per heavy atom. The van der Waals surface area contributed by atoms with E-state index in [-0.39, 0.29) is 0 Å². The average Bonchev–Trinajstić information content (AvgIpc) is 2.30. The zero-order chi connectivity index (χ0) is 10.7. The number of carbonyl (C=O) groups is 1. The maximum atomic E-state index is 10.8. The smallest absolute Gasteiger partial charge is 0.407 e. The number of rotatable bonds is 1. The molecule has 2 aliphatic heterocycles. The summed E-state index contributed by atoms with van der Waals surface area (Å²) in [7, 11) is 0. The summed E-state index contributed by atoms with van der Waals surface area (Å²) in [6.45, 7) is 3.77. The van der Waals surface area contributed by atoms with E-state index in [1.807, 2.05) is 0 Å². The van der Waals surface area contributed by atoms with Gasteiger partial charge >= 0.3 is 6.09 Å². The number of amides is 1. The molecule has 0 atom stereocenters. The third kappa shape index (κ3) is 2.62. The highest BCUT2D eigenvalue weighted by Crippen LogP contribution is 2.30. The quantitative estimate of drug-likeness (QED) is 0.690. The molecule has 0 aromatic carbocycles. The van der Waals surface area contributed by atoms with Crippen molar-refractivity contribution in [1.29, 1.82) is 0 Å². The van der Waals surface area contributed by atoms with Gasteiger partial charge in [0.25, 0.3) is 0 Å². The van der Waals surface area contributed by atoms with Crippen molar-refractivity contribution < 1.29 is 9.90 Å².